The zero-order valence-electron chi connectivity index (χ0n) is 51.7. The van der Waals surface area contributed by atoms with Crippen LogP contribution in [-0.4, -0.2) is 9.13 Å². The van der Waals surface area contributed by atoms with Crippen molar-refractivity contribution in [3.63, 3.8) is 0 Å². The van der Waals surface area contributed by atoms with Crippen molar-refractivity contribution in [3.8, 4) is 78.1 Å². The lowest BCUT2D eigenvalue weighted by Gasteiger charge is -2.22. The van der Waals surface area contributed by atoms with Crippen LogP contribution in [0.1, 0.15) is 77.9 Å². The zero-order valence-corrected chi connectivity index (χ0v) is 51.7. The summed E-state index contributed by atoms with van der Waals surface area (Å²) in [6.45, 7) is 36.9. The maximum atomic E-state index is 14.4. The lowest BCUT2D eigenvalue weighted by molar-refractivity contribution is -0.137. The van der Waals surface area contributed by atoms with Gasteiger partial charge in [0.1, 0.15) is 0 Å². The van der Waals surface area contributed by atoms with Crippen LogP contribution < -0.4 is 0 Å². The molecule has 0 unspecified atom stereocenters. The summed E-state index contributed by atoms with van der Waals surface area (Å²) < 4.78 is 47.8. The molecule has 2 heterocycles. The van der Waals surface area contributed by atoms with Gasteiger partial charge in [-0.2, -0.15) is 13.2 Å². The van der Waals surface area contributed by atoms with Crippen molar-refractivity contribution >= 4 is 49.3 Å². The molecule has 13 rings (SSSR count). The minimum Gasteiger partial charge on any atom is -0.310 e. The average molecular weight is 1140 g/mol. The number of aromatic nitrogens is 2. The Morgan fingerprint density at radius 1 is 0.310 bits per heavy atom. The van der Waals surface area contributed by atoms with Crippen LogP contribution in [-0.2, 0) is 6.18 Å². The Bertz CT molecular complexity index is 4800. The molecule has 0 atom stereocenters. The van der Waals surface area contributed by atoms with E-state index in [9.17, 15) is 13.2 Å². The van der Waals surface area contributed by atoms with Gasteiger partial charge in [-0.25, -0.2) is 4.85 Å². The Hall–Kier alpha value is -9.70. The van der Waals surface area contributed by atoms with Gasteiger partial charge in [0.2, 0.25) is 0 Å². The zero-order chi connectivity index (χ0) is 61.2. The first-order valence-corrected chi connectivity index (χ1v) is 29.9. The highest BCUT2D eigenvalue weighted by Gasteiger charge is 2.31. The molecule has 0 saturated carbocycles. The Morgan fingerprint density at radius 2 is 0.655 bits per heavy atom. The highest BCUT2D eigenvalue weighted by Crippen LogP contribution is 2.49. The molecule has 6 heteroatoms. The third-order valence-corrected chi connectivity index (χ3v) is 18.1. The first-order chi connectivity index (χ1) is 41.6. The Kier molecular flexibility index (Phi) is 13.7. The fourth-order valence-electron chi connectivity index (χ4n) is 15.1. The molecule has 0 saturated heterocycles. The van der Waals surface area contributed by atoms with Crippen molar-refractivity contribution in [1.29, 1.82) is 0 Å². The van der Waals surface area contributed by atoms with Gasteiger partial charge >= 0.3 is 6.18 Å². The predicted molar refractivity (Wildman–Crippen MR) is 361 cm³/mol. The van der Waals surface area contributed by atoms with E-state index in [2.05, 4.69) is 237 Å². The molecular formula is C81H68F3N3. The van der Waals surface area contributed by atoms with E-state index >= 15 is 0 Å². The van der Waals surface area contributed by atoms with Crippen molar-refractivity contribution in [2.45, 2.75) is 96.2 Å². The molecule has 11 aromatic carbocycles. The molecular weight excluding hydrogens is 1070 g/mol. The molecule has 13 aromatic rings. The van der Waals surface area contributed by atoms with E-state index in [-0.39, 0.29) is 0 Å². The number of benzene rings is 11. The SMILES string of the molecule is [C-]#[N+]c1cccc(-n2c3ccc(-c4c(C)cc(C)cc4C)cc3c3cc(-c4c(C)cc(C)cc4C)ccc32)c1-c1cc(-c2ccc(C(F)(F)F)cc2C)ccc1-n1c2ccc(-c3c(C)cc(C)cc3C)cc2c2cc(-c3c(C)cc(C)cc3C)ccc21. The summed E-state index contributed by atoms with van der Waals surface area (Å²) in [5, 5.41) is 4.30. The molecule has 0 radical (unpaired) electrons. The maximum Gasteiger partial charge on any atom is 0.416 e. The fourth-order valence-corrected chi connectivity index (χ4v) is 15.1. The van der Waals surface area contributed by atoms with Gasteiger partial charge in [0, 0.05) is 32.8 Å². The van der Waals surface area contributed by atoms with Gasteiger partial charge in [-0.3, -0.25) is 0 Å². The van der Waals surface area contributed by atoms with E-state index in [4.69, 9.17) is 6.57 Å². The number of fused-ring (bicyclic) bond motifs is 6. The summed E-state index contributed by atoms with van der Waals surface area (Å²) in [5.74, 6) is 0. The first-order valence-electron chi connectivity index (χ1n) is 29.9. The van der Waals surface area contributed by atoms with Gasteiger partial charge in [0.05, 0.1) is 39.9 Å². The van der Waals surface area contributed by atoms with E-state index in [0.717, 1.165) is 88.4 Å². The third kappa shape index (κ3) is 9.52. The summed E-state index contributed by atoms with van der Waals surface area (Å²) in [6.07, 6.45) is -4.51. The molecule has 0 fully saturated rings. The molecule has 0 aliphatic heterocycles. The van der Waals surface area contributed by atoms with Gasteiger partial charge in [-0.1, -0.05) is 119 Å². The summed E-state index contributed by atoms with van der Waals surface area (Å²) >= 11 is 0. The average Bonchev–Trinajstić information content (AvgIpc) is 1.62. The normalized spacial score (nSPS) is 11.9. The quantitative estimate of drug-likeness (QED) is 0.135. The number of alkyl halides is 3. The number of rotatable bonds is 8. The van der Waals surface area contributed by atoms with Crippen LogP contribution in [0, 0.1) is 96.6 Å². The van der Waals surface area contributed by atoms with Gasteiger partial charge in [0.25, 0.3) is 0 Å². The summed E-state index contributed by atoms with van der Waals surface area (Å²) in [6, 6.07) is 61.5. The second kappa shape index (κ2) is 21.1. The summed E-state index contributed by atoms with van der Waals surface area (Å²) in [4.78, 5) is 4.38. The lowest BCUT2D eigenvalue weighted by atomic mass is 9.91. The molecule has 2 aromatic heterocycles. The second-order valence-corrected chi connectivity index (χ2v) is 24.7. The first kappa shape index (κ1) is 56.4. The van der Waals surface area contributed by atoms with Crippen molar-refractivity contribution in [1.82, 2.24) is 9.13 Å². The lowest BCUT2D eigenvalue weighted by Crippen LogP contribution is -2.05. The van der Waals surface area contributed by atoms with Gasteiger partial charge in [-0.05, 0) is 280 Å². The van der Waals surface area contributed by atoms with Crippen LogP contribution in [0.3, 0.4) is 0 Å². The predicted octanol–water partition coefficient (Wildman–Crippen LogP) is 23.5. The molecule has 3 nitrogen and oxygen atoms in total. The smallest absolute Gasteiger partial charge is 0.310 e. The number of hydrogen-bond acceptors (Lipinski definition) is 0. The molecule has 0 bridgehead atoms. The molecule has 0 aliphatic carbocycles. The topological polar surface area (TPSA) is 14.2 Å². The van der Waals surface area contributed by atoms with E-state index < -0.39 is 11.7 Å². The second-order valence-electron chi connectivity index (χ2n) is 24.7. The molecule has 428 valence electrons. The minimum atomic E-state index is -4.51. The van der Waals surface area contributed by atoms with Crippen LogP contribution in [0.4, 0.5) is 18.9 Å². The minimum absolute atomic E-state index is 0.441. The molecule has 0 amide bonds. The van der Waals surface area contributed by atoms with Crippen molar-refractivity contribution in [2.24, 2.45) is 0 Å². The van der Waals surface area contributed by atoms with Crippen LogP contribution in [0.2, 0.25) is 0 Å². The maximum absolute atomic E-state index is 14.4. The van der Waals surface area contributed by atoms with Crippen LogP contribution in [0.5, 0.6) is 0 Å². The molecule has 0 aliphatic rings. The third-order valence-electron chi connectivity index (χ3n) is 18.1. The van der Waals surface area contributed by atoms with Crippen molar-refractivity contribution in [2.75, 3.05) is 0 Å². The molecule has 87 heavy (non-hydrogen) atoms. The Labute approximate surface area is 508 Å². The van der Waals surface area contributed by atoms with Gasteiger partial charge in [-0.15, -0.1) is 0 Å². The van der Waals surface area contributed by atoms with Gasteiger partial charge in [0.15, 0.2) is 5.69 Å². The van der Waals surface area contributed by atoms with Crippen LogP contribution >= 0.6 is 0 Å². The Morgan fingerprint density at radius 3 is 0.989 bits per heavy atom. The van der Waals surface area contributed by atoms with E-state index in [1.165, 1.54) is 101 Å². The largest absolute Gasteiger partial charge is 0.416 e. The molecule has 0 spiro atoms. The monoisotopic (exact) mass is 1140 g/mol. The fraction of sp³-hybridized carbons (Fsp3) is 0.173. The van der Waals surface area contributed by atoms with E-state index in [0.29, 0.717) is 22.4 Å². The van der Waals surface area contributed by atoms with E-state index in [1.54, 1.807) is 13.0 Å². The number of aryl methyl sites for hydroxylation is 13. The van der Waals surface area contributed by atoms with Gasteiger partial charge < -0.3 is 9.13 Å². The highest BCUT2D eigenvalue weighted by molar-refractivity contribution is 6.15. The number of hydrogen-bond donors (Lipinski definition) is 0. The number of halogens is 3. The van der Waals surface area contributed by atoms with Crippen molar-refractivity contribution in [3.05, 3.63) is 265 Å². The van der Waals surface area contributed by atoms with Crippen molar-refractivity contribution < 1.29 is 13.2 Å². The standard InChI is InChI=1S/C81H68F3N3/c1-44-30-49(6)76(50(7)31-44)58-19-26-70-64(40-58)65-41-59(77-51(8)32-45(2)33-52(77)9)20-27-71(65)86(70)74-25-18-57(63-24-23-62(38-48(63)5)81(82,83)84)39-68(74)80-69(85-14)16-15-17-75(80)87-72-28-21-60(78-53(10)34-46(3)35-54(78)11)42-66(72)67-43-61(22-29-73(67)87)79-55(12)36-47(4)37-56(79)13/h15-43H,1-13H3. The summed E-state index contributed by atoms with van der Waals surface area (Å²) in [7, 11) is 0. The van der Waals surface area contributed by atoms with Crippen LogP contribution in [0.15, 0.2) is 176 Å². The van der Waals surface area contributed by atoms with E-state index in [1.807, 2.05) is 18.2 Å². The summed E-state index contributed by atoms with van der Waals surface area (Å²) in [5.41, 5.74) is 32.5. The Balaban J connectivity index is 1.14. The number of nitrogens with zero attached hydrogens (tertiary/aromatic N) is 3. The van der Waals surface area contributed by atoms with Crippen LogP contribution in [0.25, 0.3) is 127 Å². The molecule has 0 N–H and O–H groups in total. The highest BCUT2D eigenvalue weighted by atomic mass is 19.4.